The fraction of sp³-hybridized carbons (Fsp3) is 0.500. The van der Waals surface area contributed by atoms with Crippen molar-refractivity contribution in [2.75, 3.05) is 0 Å². The zero-order valence-corrected chi connectivity index (χ0v) is 10.4. The molecule has 0 aliphatic carbocycles. The molecule has 72 valence electrons. The summed E-state index contributed by atoms with van der Waals surface area (Å²) in [4.78, 5) is 0. The summed E-state index contributed by atoms with van der Waals surface area (Å²) in [7, 11) is 0. The minimum absolute atomic E-state index is 0.0858. The van der Waals surface area contributed by atoms with Crippen LogP contribution < -0.4 is 0 Å². The first kappa shape index (κ1) is 10.8. The van der Waals surface area contributed by atoms with Gasteiger partial charge in [-0.3, -0.25) is 0 Å². The van der Waals surface area contributed by atoms with Gasteiger partial charge < -0.3 is 0 Å². The van der Waals surface area contributed by atoms with Crippen molar-refractivity contribution in [2.24, 2.45) is 0 Å². The van der Waals surface area contributed by atoms with Crippen molar-refractivity contribution in [3.8, 4) is 0 Å². The van der Waals surface area contributed by atoms with E-state index in [1.165, 1.54) is 11.1 Å². The van der Waals surface area contributed by atoms with Crippen LogP contribution in [-0.2, 0) is 4.32 Å². The summed E-state index contributed by atoms with van der Waals surface area (Å²) in [6.45, 7) is 8.76. The maximum atomic E-state index is 3.65. The smallest absolute Gasteiger partial charge is 0.0449 e. The molecule has 13 heavy (non-hydrogen) atoms. The fourth-order valence-electron chi connectivity index (χ4n) is 1.26. The van der Waals surface area contributed by atoms with Crippen molar-refractivity contribution in [3.63, 3.8) is 0 Å². The van der Waals surface area contributed by atoms with Crippen LogP contribution in [0.25, 0.3) is 0 Å². The summed E-state index contributed by atoms with van der Waals surface area (Å²) in [5, 5.41) is 0. The number of rotatable bonds is 2. The Balaban J connectivity index is 2.94. The molecule has 1 aromatic rings. The molecule has 0 radical (unpaired) electrons. The minimum atomic E-state index is 0.0858. The van der Waals surface area contributed by atoms with Gasteiger partial charge in [-0.25, -0.2) is 0 Å². The molecule has 1 aromatic carbocycles. The molecule has 1 heteroatoms. The lowest BCUT2D eigenvalue weighted by atomic mass is 9.97. The second-order valence-electron chi connectivity index (χ2n) is 4.25. The SMILES string of the molecule is CC(C)c1ccc(C(C)(C)Br)cc1. The maximum Gasteiger partial charge on any atom is 0.0449 e. The van der Waals surface area contributed by atoms with E-state index in [4.69, 9.17) is 0 Å². The van der Waals surface area contributed by atoms with E-state index < -0.39 is 0 Å². The van der Waals surface area contributed by atoms with E-state index in [0.717, 1.165) is 0 Å². The van der Waals surface area contributed by atoms with Crippen molar-refractivity contribution in [2.45, 2.75) is 37.9 Å². The highest BCUT2D eigenvalue weighted by Crippen LogP contribution is 2.30. The lowest BCUT2D eigenvalue weighted by Gasteiger charge is -2.17. The summed E-state index contributed by atoms with van der Waals surface area (Å²) < 4.78 is 0.0858. The first-order valence-electron chi connectivity index (χ1n) is 4.70. The van der Waals surface area contributed by atoms with Crippen LogP contribution in [0.2, 0.25) is 0 Å². The lowest BCUT2D eigenvalue weighted by Crippen LogP contribution is -2.06. The Morgan fingerprint density at radius 2 is 1.54 bits per heavy atom. The molecule has 0 spiro atoms. The molecule has 1 rings (SSSR count). The third-order valence-electron chi connectivity index (χ3n) is 2.26. The van der Waals surface area contributed by atoms with Gasteiger partial charge in [-0.2, -0.15) is 0 Å². The predicted octanol–water partition coefficient (Wildman–Crippen LogP) is 4.44. The Kier molecular flexibility index (Phi) is 3.18. The number of hydrogen-bond donors (Lipinski definition) is 0. The fourth-order valence-corrected chi connectivity index (χ4v) is 1.53. The highest BCUT2D eigenvalue weighted by molar-refractivity contribution is 9.09. The zero-order valence-electron chi connectivity index (χ0n) is 8.76. The van der Waals surface area contributed by atoms with E-state index in [9.17, 15) is 0 Å². The first-order chi connectivity index (χ1) is 5.91. The van der Waals surface area contributed by atoms with E-state index in [-0.39, 0.29) is 4.32 Å². The Morgan fingerprint density at radius 1 is 1.08 bits per heavy atom. The van der Waals surface area contributed by atoms with Crippen molar-refractivity contribution in [1.82, 2.24) is 0 Å². The topological polar surface area (TPSA) is 0 Å². The summed E-state index contributed by atoms with van der Waals surface area (Å²) >= 11 is 3.65. The van der Waals surface area contributed by atoms with Crippen molar-refractivity contribution < 1.29 is 0 Å². The molecular formula is C12H17Br. The average molecular weight is 241 g/mol. The van der Waals surface area contributed by atoms with Gasteiger partial charge in [0.15, 0.2) is 0 Å². The maximum absolute atomic E-state index is 3.65. The van der Waals surface area contributed by atoms with Crippen LogP contribution in [0.15, 0.2) is 24.3 Å². The molecule has 0 saturated carbocycles. The number of halogens is 1. The molecule has 0 aromatic heterocycles. The van der Waals surface area contributed by atoms with Crippen LogP contribution in [-0.4, -0.2) is 0 Å². The lowest BCUT2D eigenvalue weighted by molar-refractivity contribution is 0.797. The Morgan fingerprint density at radius 3 is 1.85 bits per heavy atom. The summed E-state index contributed by atoms with van der Waals surface area (Å²) in [5.41, 5.74) is 2.73. The molecule has 0 saturated heterocycles. The zero-order chi connectivity index (χ0) is 10.1. The number of benzene rings is 1. The molecular weight excluding hydrogens is 224 g/mol. The van der Waals surface area contributed by atoms with Gasteiger partial charge in [-0.1, -0.05) is 54.0 Å². The molecule has 0 amide bonds. The van der Waals surface area contributed by atoms with Crippen LogP contribution in [0.1, 0.15) is 44.7 Å². The molecule has 0 bridgehead atoms. The van der Waals surface area contributed by atoms with Crippen LogP contribution in [0.4, 0.5) is 0 Å². The third-order valence-corrected chi connectivity index (χ3v) is 2.72. The van der Waals surface area contributed by atoms with Gasteiger partial charge in [-0.15, -0.1) is 0 Å². The quantitative estimate of drug-likeness (QED) is 0.671. The summed E-state index contributed by atoms with van der Waals surface area (Å²) in [6.07, 6.45) is 0. The third kappa shape index (κ3) is 2.84. The summed E-state index contributed by atoms with van der Waals surface area (Å²) in [5.74, 6) is 0.618. The number of hydrogen-bond acceptors (Lipinski definition) is 0. The largest absolute Gasteiger partial charge is 0.0807 e. The highest BCUT2D eigenvalue weighted by Gasteiger charge is 2.15. The normalized spacial score (nSPS) is 12.2. The monoisotopic (exact) mass is 240 g/mol. The highest BCUT2D eigenvalue weighted by atomic mass is 79.9. The van der Waals surface area contributed by atoms with E-state index in [1.807, 2.05) is 0 Å². The second kappa shape index (κ2) is 3.83. The van der Waals surface area contributed by atoms with E-state index in [1.54, 1.807) is 0 Å². The van der Waals surface area contributed by atoms with Gasteiger partial charge in [0.2, 0.25) is 0 Å². The van der Waals surface area contributed by atoms with E-state index in [2.05, 4.69) is 67.9 Å². The molecule has 0 fully saturated rings. The number of alkyl halides is 1. The molecule has 0 nitrogen and oxygen atoms in total. The molecule has 0 atom stereocenters. The van der Waals surface area contributed by atoms with Crippen LogP contribution in [0.3, 0.4) is 0 Å². The van der Waals surface area contributed by atoms with Crippen LogP contribution in [0.5, 0.6) is 0 Å². The average Bonchev–Trinajstić information content (AvgIpc) is 2.03. The molecule has 0 aliphatic heterocycles. The van der Waals surface area contributed by atoms with Crippen molar-refractivity contribution >= 4 is 15.9 Å². The Hall–Kier alpha value is -0.300. The second-order valence-corrected chi connectivity index (χ2v) is 6.23. The van der Waals surface area contributed by atoms with Gasteiger partial charge in [0.25, 0.3) is 0 Å². The first-order valence-corrected chi connectivity index (χ1v) is 5.50. The standard InChI is InChI=1S/C12H17Br/c1-9(2)10-5-7-11(8-6-10)12(3,4)13/h5-9H,1-4H3. The van der Waals surface area contributed by atoms with E-state index >= 15 is 0 Å². The molecule has 0 unspecified atom stereocenters. The van der Waals surface area contributed by atoms with Gasteiger partial charge in [-0.05, 0) is 30.9 Å². The van der Waals surface area contributed by atoms with E-state index in [0.29, 0.717) is 5.92 Å². The minimum Gasteiger partial charge on any atom is -0.0807 e. The Labute approximate surface area is 89.5 Å². The van der Waals surface area contributed by atoms with Gasteiger partial charge in [0, 0.05) is 4.32 Å². The molecule has 0 heterocycles. The summed E-state index contributed by atoms with van der Waals surface area (Å²) in [6, 6.07) is 8.82. The predicted molar refractivity (Wildman–Crippen MR) is 62.5 cm³/mol. The van der Waals surface area contributed by atoms with Gasteiger partial charge >= 0.3 is 0 Å². The van der Waals surface area contributed by atoms with Crippen molar-refractivity contribution in [1.29, 1.82) is 0 Å². The Bertz CT molecular complexity index is 264. The van der Waals surface area contributed by atoms with Gasteiger partial charge in [0.05, 0.1) is 0 Å². The van der Waals surface area contributed by atoms with Crippen molar-refractivity contribution in [3.05, 3.63) is 35.4 Å². The molecule has 0 aliphatic rings. The van der Waals surface area contributed by atoms with Crippen LogP contribution in [0, 0.1) is 0 Å². The molecule has 0 N–H and O–H groups in total. The van der Waals surface area contributed by atoms with Gasteiger partial charge in [0.1, 0.15) is 0 Å². The van der Waals surface area contributed by atoms with Crippen LogP contribution >= 0.6 is 15.9 Å².